The first-order chi connectivity index (χ1) is 11.1. The third-order valence-corrected chi connectivity index (χ3v) is 4.56. The van der Waals surface area contributed by atoms with Crippen LogP contribution in [0.25, 0.3) is 0 Å². The summed E-state index contributed by atoms with van der Waals surface area (Å²) < 4.78 is 5.75. The van der Waals surface area contributed by atoms with Gasteiger partial charge in [0.05, 0.1) is 6.20 Å². The Morgan fingerprint density at radius 1 is 1.26 bits per heavy atom. The predicted molar refractivity (Wildman–Crippen MR) is 91.8 cm³/mol. The van der Waals surface area contributed by atoms with Gasteiger partial charge in [-0.2, -0.15) is 0 Å². The van der Waals surface area contributed by atoms with Crippen LogP contribution >= 0.6 is 0 Å². The summed E-state index contributed by atoms with van der Waals surface area (Å²) in [7, 11) is 2.20. The van der Waals surface area contributed by atoms with Gasteiger partial charge in [-0.25, -0.2) is 4.98 Å². The quantitative estimate of drug-likeness (QED) is 0.937. The van der Waals surface area contributed by atoms with Gasteiger partial charge in [0.1, 0.15) is 5.75 Å². The Morgan fingerprint density at radius 2 is 2.13 bits per heavy atom. The van der Waals surface area contributed by atoms with E-state index < -0.39 is 0 Å². The standard InChI is InChI=1S/C18H24N4O/c1-13-12-22(3)14(2)9-17(13)21-15-5-4-6-16(10-15)23-18-11-19-7-8-20-18/h4-8,10-11,13-14,17,21H,9,12H2,1-3H3/t13-,14-,17+/m1/s1. The van der Waals surface area contributed by atoms with Crippen molar-refractivity contribution in [3.63, 3.8) is 0 Å². The number of anilines is 1. The summed E-state index contributed by atoms with van der Waals surface area (Å²) in [6.45, 7) is 5.71. The Balaban J connectivity index is 1.68. The minimum absolute atomic E-state index is 0.480. The molecule has 0 bridgehead atoms. The van der Waals surface area contributed by atoms with Crippen LogP contribution in [-0.2, 0) is 0 Å². The maximum absolute atomic E-state index is 5.75. The van der Waals surface area contributed by atoms with Gasteiger partial charge in [-0.3, -0.25) is 4.98 Å². The Bertz CT molecular complexity index is 634. The maximum Gasteiger partial charge on any atom is 0.237 e. The number of nitrogens with zero attached hydrogens (tertiary/aromatic N) is 3. The van der Waals surface area contributed by atoms with E-state index in [0.717, 1.165) is 24.4 Å². The molecule has 3 rings (SSSR count). The first kappa shape index (κ1) is 15.7. The third kappa shape index (κ3) is 3.99. The largest absolute Gasteiger partial charge is 0.437 e. The monoisotopic (exact) mass is 312 g/mol. The molecule has 1 aliphatic heterocycles. The zero-order chi connectivity index (χ0) is 16.2. The van der Waals surface area contributed by atoms with Crippen LogP contribution in [0, 0.1) is 5.92 Å². The lowest BCUT2D eigenvalue weighted by Crippen LogP contribution is -2.48. The zero-order valence-electron chi connectivity index (χ0n) is 13.9. The van der Waals surface area contributed by atoms with Gasteiger partial charge in [0.2, 0.25) is 5.88 Å². The number of ether oxygens (including phenoxy) is 1. The van der Waals surface area contributed by atoms with E-state index in [0.29, 0.717) is 23.9 Å². The van der Waals surface area contributed by atoms with Crippen LogP contribution in [0.2, 0.25) is 0 Å². The van der Waals surface area contributed by atoms with Crippen molar-refractivity contribution in [1.29, 1.82) is 0 Å². The van der Waals surface area contributed by atoms with E-state index in [-0.39, 0.29) is 0 Å². The van der Waals surface area contributed by atoms with Crippen molar-refractivity contribution in [2.75, 3.05) is 18.9 Å². The molecular weight excluding hydrogens is 288 g/mol. The fraction of sp³-hybridized carbons (Fsp3) is 0.444. The van der Waals surface area contributed by atoms with Crippen molar-refractivity contribution in [2.24, 2.45) is 5.92 Å². The summed E-state index contributed by atoms with van der Waals surface area (Å²) in [6, 6.07) is 9.11. The molecule has 3 atom stereocenters. The van der Waals surface area contributed by atoms with E-state index in [1.807, 2.05) is 18.2 Å². The van der Waals surface area contributed by atoms with E-state index in [1.54, 1.807) is 18.6 Å². The summed E-state index contributed by atoms with van der Waals surface area (Å²) in [6.07, 6.45) is 6.01. The second kappa shape index (κ2) is 6.96. The molecular formula is C18H24N4O. The number of nitrogens with one attached hydrogen (secondary N) is 1. The molecule has 1 fully saturated rings. The summed E-state index contributed by atoms with van der Waals surface area (Å²) in [5.74, 6) is 1.89. The highest BCUT2D eigenvalue weighted by Gasteiger charge is 2.28. The predicted octanol–water partition coefficient (Wildman–Crippen LogP) is 3.41. The van der Waals surface area contributed by atoms with E-state index in [9.17, 15) is 0 Å². The third-order valence-electron chi connectivity index (χ3n) is 4.56. The summed E-state index contributed by atoms with van der Waals surface area (Å²) in [5, 5.41) is 3.67. The molecule has 0 amide bonds. The molecule has 5 heteroatoms. The Kier molecular flexibility index (Phi) is 4.76. The first-order valence-corrected chi connectivity index (χ1v) is 8.12. The molecule has 23 heavy (non-hydrogen) atoms. The molecule has 1 aliphatic rings. The first-order valence-electron chi connectivity index (χ1n) is 8.12. The van der Waals surface area contributed by atoms with Crippen LogP contribution in [0.3, 0.4) is 0 Å². The van der Waals surface area contributed by atoms with Gasteiger partial charge in [0, 0.05) is 42.8 Å². The van der Waals surface area contributed by atoms with Crippen molar-refractivity contribution in [3.8, 4) is 11.6 Å². The summed E-state index contributed by atoms with van der Waals surface area (Å²) >= 11 is 0. The van der Waals surface area contributed by atoms with Crippen molar-refractivity contribution >= 4 is 5.69 Å². The van der Waals surface area contributed by atoms with Gasteiger partial charge in [0.15, 0.2) is 0 Å². The van der Waals surface area contributed by atoms with Crippen LogP contribution in [-0.4, -0.2) is 40.5 Å². The lowest BCUT2D eigenvalue weighted by molar-refractivity contribution is 0.145. The molecule has 0 unspecified atom stereocenters. The number of rotatable bonds is 4. The van der Waals surface area contributed by atoms with Gasteiger partial charge in [-0.15, -0.1) is 0 Å². The molecule has 1 aromatic heterocycles. The normalized spacial score (nSPS) is 25.1. The molecule has 2 heterocycles. The van der Waals surface area contributed by atoms with Gasteiger partial charge in [-0.05, 0) is 38.4 Å². The van der Waals surface area contributed by atoms with Gasteiger partial charge in [-0.1, -0.05) is 13.0 Å². The molecule has 1 aromatic carbocycles. The Morgan fingerprint density at radius 3 is 2.91 bits per heavy atom. The van der Waals surface area contributed by atoms with Crippen LogP contribution in [0.15, 0.2) is 42.9 Å². The number of benzene rings is 1. The molecule has 0 aliphatic carbocycles. The minimum Gasteiger partial charge on any atom is -0.437 e. The van der Waals surface area contributed by atoms with Crippen molar-refractivity contribution < 1.29 is 4.74 Å². The second-order valence-electron chi connectivity index (χ2n) is 6.43. The van der Waals surface area contributed by atoms with Crippen LogP contribution in [0.5, 0.6) is 11.6 Å². The highest BCUT2D eigenvalue weighted by molar-refractivity contribution is 5.49. The van der Waals surface area contributed by atoms with Gasteiger partial charge < -0.3 is 15.0 Å². The lowest BCUT2D eigenvalue weighted by Gasteiger charge is -2.40. The van der Waals surface area contributed by atoms with Crippen molar-refractivity contribution in [1.82, 2.24) is 14.9 Å². The van der Waals surface area contributed by atoms with E-state index in [1.165, 1.54) is 0 Å². The number of likely N-dealkylation sites (tertiary alicyclic amines) is 1. The molecule has 1 saturated heterocycles. The topological polar surface area (TPSA) is 50.3 Å². The molecule has 2 aromatic rings. The van der Waals surface area contributed by atoms with E-state index >= 15 is 0 Å². The fourth-order valence-corrected chi connectivity index (χ4v) is 3.06. The number of aromatic nitrogens is 2. The second-order valence-corrected chi connectivity index (χ2v) is 6.43. The average Bonchev–Trinajstić information content (AvgIpc) is 2.54. The number of hydrogen-bond donors (Lipinski definition) is 1. The Hall–Kier alpha value is -2.14. The van der Waals surface area contributed by atoms with Gasteiger partial charge in [0.25, 0.3) is 0 Å². The van der Waals surface area contributed by atoms with E-state index in [4.69, 9.17) is 4.74 Å². The molecule has 0 spiro atoms. The van der Waals surface area contributed by atoms with Crippen molar-refractivity contribution in [3.05, 3.63) is 42.9 Å². The number of hydrogen-bond acceptors (Lipinski definition) is 5. The van der Waals surface area contributed by atoms with Crippen LogP contribution < -0.4 is 10.1 Å². The smallest absolute Gasteiger partial charge is 0.237 e. The minimum atomic E-state index is 0.480. The zero-order valence-corrected chi connectivity index (χ0v) is 13.9. The fourth-order valence-electron chi connectivity index (χ4n) is 3.06. The highest BCUT2D eigenvalue weighted by Crippen LogP contribution is 2.27. The van der Waals surface area contributed by atoms with Crippen molar-refractivity contribution in [2.45, 2.75) is 32.4 Å². The molecule has 5 nitrogen and oxygen atoms in total. The number of piperidine rings is 1. The molecule has 0 saturated carbocycles. The van der Waals surface area contributed by atoms with Crippen LogP contribution in [0.1, 0.15) is 20.3 Å². The molecule has 1 N–H and O–H groups in total. The van der Waals surface area contributed by atoms with Crippen LogP contribution in [0.4, 0.5) is 5.69 Å². The highest BCUT2D eigenvalue weighted by atomic mass is 16.5. The lowest BCUT2D eigenvalue weighted by atomic mass is 9.89. The SMILES string of the molecule is C[C@@H]1CN(C)[C@H](C)C[C@@H]1Nc1cccc(Oc2cnccn2)c1. The molecule has 122 valence electrons. The van der Waals surface area contributed by atoms with E-state index in [2.05, 4.69) is 47.1 Å². The Labute approximate surface area is 137 Å². The maximum atomic E-state index is 5.75. The average molecular weight is 312 g/mol. The van der Waals surface area contributed by atoms with Gasteiger partial charge >= 0.3 is 0 Å². The molecule has 0 radical (unpaired) electrons. The summed E-state index contributed by atoms with van der Waals surface area (Å²) in [4.78, 5) is 10.6. The summed E-state index contributed by atoms with van der Waals surface area (Å²) in [5.41, 5.74) is 1.08.